The summed E-state index contributed by atoms with van der Waals surface area (Å²) in [6, 6.07) is 5.79. The first-order valence-corrected chi connectivity index (χ1v) is 10.8. The number of benzene rings is 2. The van der Waals surface area contributed by atoms with Crippen LogP contribution in [0.15, 0.2) is 36.4 Å². The molecular weight excluding hydrogens is 451 g/mol. The number of ether oxygens (including phenoxy) is 2. The van der Waals surface area contributed by atoms with E-state index in [9.17, 15) is 28.2 Å². The van der Waals surface area contributed by atoms with Crippen LogP contribution >= 0.6 is 0 Å². The van der Waals surface area contributed by atoms with Crippen molar-refractivity contribution in [1.82, 2.24) is 4.90 Å². The van der Waals surface area contributed by atoms with Crippen molar-refractivity contribution >= 4 is 11.9 Å². The molecule has 0 aromatic heterocycles. The average Bonchev–Trinajstić information content (AvgIpc) is 2.81. The Labute approximate surface area is 197 Å². The number of likely N-dealkylation sites (N-methyl/N-ethyl adjacent to an activating group) is 1. The summed E-state index contributed by atoms with van der Waals surface area (Å²) in [7, 11) is 2.74. The fraction of sp³-hybridized carbons (Fsp3) is 0.400. The Hall–Kier alpha value is -3.04. The predicted molar refractivity (Wildman–Crippen MR) is 124 cm³/mol. The Morgan fingerprint density at radius 2 is 1.68 bits per heavy atom. The normalized spacial score (nSPS) is 12.9. The molecule has 0 aliphatic rings. The van der Waals surface area contributed by atoms with E-state index in [4.69, 9.17) is 9.47 Å². The molecule has 0 aliphatic carbocycles. The smallest absolute Gasteiger partial charge is 0.416 e. The third-order valence-corrected chi connectivity index (χ3v) is 5.48. The highest BCUT2D eigenvalue weighted by molar-refractivity contribution is 6.11. The van der Waals surface area contributed by atoms with Crippen molar-refractivity contribution in [1.29, 1.82) is 0 Å². The monoisotopic (exact) mass is 481 g/mol. The number of aliphatic hydroxyl groups is 1. The Kier molecular flexibility index (Phi) is 9.52. The number of nitrogens with zero attached hydrogens (tertiary/aromatic N) is 1. The summed E-state index contributed by atoms with van der Waals surface area (Å²) >= 11 is 0. The highest BCUT2D eigenvalue weighted by Crippen LogP contribution is 2.40. The maximum absolute atomic E-state index is 12.9. The van der Waals surface area contributed by atoms with E-state index >= 15 is 0 Å². The molecule has 186 valence electrons. The number of alkyl halides is 3. The fourth-order valence-corrected chi connectivity index (χ4v) is 3.56. The van der Waals surface area contributed by atoms with Gasteiger partial charge in [-0.05, 0) is 36.9 Å². The van der Waals surface area contributed by atoms with Gasteiger partial charge < -0.3 is 24.6 Å². The molecule has 2 rings (SSSR count). The van der Waals surface area contributed by atoms with Crippen LogP contribution in [0.5, 0.6) is 17.2 Å². The quantitative estimate of drug-likeness (QED) is 0.362. The van der Waals surface area contributed by atoms with Gasteiger partial charge in [0.15, 0.2) is 5.78 Å². The third-order valence-electron chi connectivity index (χ3n) is 5.48. The molecule has 1 unspecified atom stereocenters. The first-order chi connectivity index (χ1) is 16.0. The van der Waals surface area contributed by atoms with Gasteiger partial charge in [-0.25, -0.2) is 0 Å². The number of halogens is 3. The number of aromatic hydroxyl groups is 1. The van der Waals surface area contributed by atoms with Crippen LogP contribution in [0.2, 0.25) is 0 Å². The minimum atomic E-state index is -4.45. The zero-order valence-electron chi connectivity index (χ0n) is 19.6. The minimum Gasteiger partial charge on any atom is -0.507 e. The number of ketones is 1. The Morgan fingerprint density at radius 1 is 1.09 bits per heavy atom. The van der Waals surface area contributed by atoms with Crippen LogP contribution in [-0.4, -0.2) is 60.9 Å². The van der Waals surface area contributed by atoms with E-state index in [1.165, 1.54) is 38.5 Å². The molecule has 0 saturated carbocycles. The van der Waals surface area contributed by atoms with Gasteiger partial charge in [0.05, 0.1) is 25.9 Å². The van der Waals surface area contributed by atoms with E-state index in [1.807, 2.05) is 18.7 Å². The molecule has 0 heterocycles. The lowest BCUT2D eigenvalue weighted by Gasteiger charge is -2.23. The van der Waals surface area contributed by atoms with Gasteiger partial charge in [-0.2, -0.15) is 13.2 Å². The molecule has 0 amide bonds. The van der Waals surface area contributed by atoms with E-state index < -0.39 is 23.6 Å². The maximum atomic E-state index is 12.9. The van der Waals surface area contributed by atoms with Crippen LogP contribution in [0.3, 0.4) is 0 Å². The lowest BCUT2D eigenvalue weighted by Crippen LogP contribution is -2.33. The number of methoxy groups -OCH3 is 2. The molecule has 0 bridgehead atoms. The summed E-state index contributed by atoms with van der Waals surface area (Å²) in [5, 5.41) is 21.5. The van der Waals surface area contributed by atoms with E-state index in [-0.39, 0.29) is 34.8 Å². The molecule has 0 saturated heterocycles. The Morgan fingerprint density at radius 3 is 2.18 bits per heavy atom. The molecule has 6 nitrogen and oxygen atoms in total. The summed E-state index contributed by atoms with van der Waals surface area (Å²) in [5.74, 6) is -0.664. The second kappa shape index (κ2) is 11.9. The van der Waals surface area contributed by atoms with Crippen LogP contribution in [0.1, 0.15) is 40.9 Å². The maximum Gasteiger partial charge on any atom is 0.416 e. The third kappa shape index (κ3) is 6.74. The van der Waals surface area contributed by atoms with Crippen molar-refractivity contribution in [3.63, 3.8) is 0 Å². The highest BCUT2D eigenvalue weighted by Gasteiger charge is 2.30. The van der Waals surface area contributed by atoms with Gasteiger partial charge >= 0.3 is 6.18 Å². The highest BCUT2D eigenvalue weighted by atomic mass is 19.4. The van der Waals surface area contributed by atoms with Crippen LogP contribution in [0.25, 0.3) is 6.08 Å². The predicted octanol–water partition coefficient (Wildman–Crippen LogP) is 4.57. The molecule has 0 radical (unpaired) electrons. The van der Waals surface area contributed by atoms with Crippen molar-refractivity contribution in [2.24, 2.45) is 0 Å². The number of carbonyl (C=O) groups excluding carboxylic acids is 1. The van der Waals surface area contributed by atoms with Crippen molar-refractivity contribution in [3.05, 3.63) is 58.7 Å². The molecule has 2 N–H and O–H groups in total. The van der Waals surface area contributed by atoms with Gasteiger partial charge in [-0.3, -0.25) is 4.79 Å². The summed E-state index contributed by atoms with van der Waals surface area (Å²) in [6.07, 6.45) is -2.74. The number of carbonyl (C=O) groups is 1. The molecule has 2 aromatic rings. The minimum absolute atomic E-state index is 0.0401. The largest absolute Gasteiger partial charge is 0.507 e. The standard InChI is InChI=1S/C25H30F3NO5/c1-5-29(6-2)15-18(30)13-19-21(33-3)14-22(34-4)23(24(19)32)20(31)12-9-16-7-10-17(11-8-16)25(26,27)28/h7-12,14,18,30,32H,5-6,13,15H2,1-4H3. The van der Waals surface area contributed by atoms with Crippen molar-refractivity contribution in [2.45, 2.75) is 32.5 Å². The Balaban J connectivity index is 2.36. The van der Waals surface area contributed by atoms with Crippen LogP contribution in [0.4, 0.5) is 13.2 Å². The van der Waals surface area contributed by atoms with E-state index in [1.54, 1.807) is 0 Å². The SMILES string of the molecule is CCN(CC)CC(O)Cc1c(OC)cc(OC)c(C(=O)C=Cc2ccc(C(F)(F)F)cc2)c1O. The molecule has 0 aliphatic heterocycles. The number of allylic oxidation sites excluding steroid dienone is 1. The van der Waals surface area contributed by atoms with E-state index in [2.05, 4.69) is 0 Å². The van der Waals surface area contributed by atoms with Crippen LogP contribution in [0, 0.1) is 0 Å². The fourth-order valence-electron chi connectivity index (χ4n) is 3.56. The molecular formula is C25H30F3NO5. The topological polar surface area (TPSA) is 79.2 Å². The molecule has 2 aromatic carbocycles. The van der Waals surface area contributed by atoms with E-state index in [0.717, 1.165) is 31.3 Å². The molecule has 9 heteroatoms. The first kappa shape index (κ1) is 27.2. The van der Waals surface area contributed by atoms with Crippen molar-refractivity contribution in [3.8, 4) is 17.2 Å². The van der Waals surface area contributed by atoms with Gasteiger partial charge in [0, 0.05) is 24.6 Å². The zero-order chi connectivity index (χ0) is 25.5. The Bertz CT molecular complexity index is 999. The first-order valence-electron chi connectivity index (χ1n) is 10.8. The molecule has 1 atom stereocenters. The molecule has 0 spiro atoms. The summed E-state index contributed by atoms with van der Waals surface area (Å²) < 4.78 is 48.8. The lowest BCUT2D eigenvalue weighted by atomic mass is 9.97. The number of phenolic OH excluding ortho intramolecular Hbond substituents is 1. The van der Waals surface area contributed by atoms with Gasteiger partial charge in [-0.15, -0.1) is 0 Å². The van der Waals surface area contributed by atoms with Gasteiger partial charge in [-0.1, -0.05) is 32.1 Å². The number of rotatable bonds is 11. The average molecular weight is 482 g/mol. The summed E-state index contributed by atoms with van der Waals surface area (Å²) in [6.45, 7) is 5.82. The van der Waals surface area contributed by atoms with Gasteiger partial charge in [0.1, 0.15) is 22.8 Å². The van der Waals surface area contributed by atoms with Gasteiger partial charge in [0.25, 0.3) is 0 Å². The van der Waals surface area contributed by atoms with Crippen molar-refractivity contribution in [2.75, 3.05) is 33.9 Å². The van der Waals surface area contributed by atoms with Crippen LogP contribution < -0.4 is 9.47 Å². The number of aliphatic hydroxyl groups excluding tert-OH is 1. The summed E-state index contributed by atoms with van der Waals surface area (Å²) in [4.78, 5) is 15.0. The van der Waals surface area contributed by atoms with E-state index in [0.29, 0.717) is 12.1 Å². The second-order valence-electron chi connectivity index (χ2n) is 7.64. The van der Waals surface area contributed by atoms with Crippen molar-refractivity contribution < 1.29 is 37.7 Å². The number of hydrogen-bond acceptors (Lipinski definition) is 6. The molecule has 0 fully saturated rings. The zero-order valence-corrected chi connectivity index (χ0v) is 19.6. The summed E-state index contributed by atoms with van der Waals surface area (Å²) in [5.41, 5.74) is -0.285. The second-order valence-corrected chi connectivity index (χ2v) is 7.64. The number of hydrogen-bond donors (Lipinski definition) is 2. The number of phenols is 1. The molecule has 34 heavy (non-hydrogen) atoms. The lowest BCUT2D eigenvalue weighted by molar-refractivity contribution is -0.137. The van der Waals surface area contributed by atoms with Crippen LogP contribution in [-0.2, 0) is 12.6 Å². The van der Waals surface area contributed by atoms with Gasteiger partial charge in [0.2, 0.25) is 0 Å².